The third-order valence-electron chi connectivity index (χ3n) is 3.73. The van der Waals surface area contributed by atoms with E-state index >= 15 is 0 Å². The lowest BCUT2D eigenvalue weighted by molar-refractivity contribution is 0.0261. The number of aliphatic hydroxyl groups is 1. The average Bonchev–Trinajstić information content (AvgIpc) is 2.84. The molecule has 0 aliphatic carbocycles. The zero-order valence-electron chi connectivity index (χ0n) is 13.3. The monoisotopic (exact) mass is 294 g/mol. The topological polar surface area (TPSA) is 53.0 Å². The molecule has 2 heterocycles. The number of rotatable bonds is 0. The van der Waals surface area contributed by atoms with E-state index in [0.717, 1.165) is 38.8 Å². The van der Waals surface area contributed by atoms with Crippen LogP contribution in [-0.2, 0) is 4.74 Å². The number of piperidine rings is 1. The van der Waals surface area contributed by atoms with Gasteiger partial charge >= 0.3 is 6.09 Å². The van der Waals surface area contributed by atoms with E-state index < -0.39 is 5.60 Å². The molecule has 2 aliphatic rings. The molecular formula is C16H26N2O3. The van der Waals surface area contributed by atoms with Crippen LogP contribution in [0.5, 0.6) is 0 Å². The quantitative estimate of drug-likeness (QED) is 0.692. The van der Waals surface area contributed by atoms with Crippen molar-refractivity contribution in [3.05, 3.63) is 0 Å². The van der Waals surface area contributed by atoms with Crippen LogP contribution in [-0.4, -0.2) is 58.4 Å². The smallest absolute Gasteiger partial charge is 0.411 e. The lowest BCUT2D eigenvalue weighted by Crippen LogP contribution is -2.39. The summed E-state index contributed by atoms with van der Waals surface area (Å²) in [7, 11) is 0. The molecule has 118 valence electrons. The van der Waals surface area contributed by atoms with Gasteiger partial charge in [-0.1, -0.05) is 5.92 Å². The maximum absolute atomic E-state index is 12.2. The fourth-order valence-electron chi connectivity index (χ4n) is 2.60. The summed E-state index contributed by atoms with van der Waals surface area (Å²) < 4.78 is 5.43. The number of hydrogen-bond donors (Lipinski definition) is 1. The molecule has 0 bridgehead atoms. The Hall–Kier alpha value is -1.41. The number of likely N-dealkylation sites (tertiary alicyclic amines) is 2. The second kappa shape index (κ2) is 6.57. The number of nitrogens with zero attached hydrogens (tertiary/aromatic N) is 2. The Morgan fingerprint density at radius 3 is 2.48 bits per heavy atom. The lowest BCUT2D eigenvalue weighted by atomic mass is 10.1. The zero-order chi connectivity index (χ0) is 15.5. The van der Waals surface area contributed by atoms with E-state index in [4.69, 9.17) is 4.74 Å². The number of carbonyl (C=O) groups excluding carboxylic acids is 1. The first kappa shape index (κ1) is 16.0. The lowest BCUT2D eigenvalue weighted by Gasteiger charge is -2.28. The maximum atomic E-state index is 12.2. The molecule has 2 fully saturated rings. The second-order valence-electron chi connectivity index (χ2n) is 6.81. The number of ether oxygens (including phenoxy) is 1. The predicted molar refractivity (Wildman–Crippen MR) is 80.6 cm³/mol. The average molecular weight is 294 g/mol. The van der Waals surface area contributed by atoms with Crippen molar-refractivity contribution in [1.82, 2.24) is 9.80 Å². The molecule has 0 aromatic carbocycles. The Kier molecular flexibility index (Phi) is 5.00. The van der Waals surface area contributed by atoms with Gasteiger partial charge in [0.25, 0.3) is 0 Å². The van der Waals surface area contributed by atoms with Crippen molar-refractivity contribution in [3.8, 4) is 12.0 Å². The van der Waals surface area contributed by atoms with Crippen molar-refractivity contribution in [2.24, 2.45) is 0 Å². The zero-order valence-corrected chi connectivity index (χ0v) is 13.3. The molecule has 5 nitrogen and oxygen atoms in total. The van der Waals surface area contributed by atoms with Gasteiger partial charge in [0.2, 0.25) is 0 Å². The summed E-state index contributed by atoms with van der Waals surface area (Å²) in [5.41, 5.74) is -0.472. The maximum Gasteiger partial charge on any atom is 0.411 e. The van der Waals surface area contributed by atoms with Crippen LogP contribution in [0.15, 0.2) is 0 Å². The Labute approximate surface area is 127 Å². The molecule has 0 aromatic rings. The van der Waals surface area contributed by atoms with Crippen LogP contribution in [0.4, 0.5) is 4.79 Å². The van der Waals surface area contributed by atoms with Crippen molar-refractivity contribution in [3.63, 3.8) is 0 Å². The molecule has 21 heavy (non-hydrogen) atoms. The molecule has 2 saturated heterocycles. The van der Waals surface area contributed by atoms with Gasteiger partial charge in [-0.05, 0) is 46.5 Å². The summed E-state index contributed by atoms with van der Waals surface area (Å²) in [4.78, 5) is 15.9. The summed E-state index contributed by atoms with van der Waals surface area (Å²) >= 11 is 0. The van der Waals surface area contributed by atoms with Crippen LogP contribution in [0.25, 0.3) is 0 Å². The summed E-state index contributed by atoms with van der Waals surface area (Å²) in [6.45, 7) is 7.94. The molecule has 2 aliphatic heterocycles. The first-order chi connectivity index (χ1) is 9.85. The molecule has 0 aromatic heterocycles. The van der Waals surface area contributed by atoms with Gasteiger partial charge < -0.3 is 14.7 Å². The first-order valence-corrected chi connectivity index (χ1v) is 7.79. The van der Waals surface area contributed by atoms with E-state index in [-0.39, 0.29) is 18.2 Å². The van der Waals surface area contributed by atoms with Crippen molar-refractivity contribution in [2.75, 3.05) is 19.6 Å². The molecule has 0 spiro atoms. The minimum absolute atomic E-state index is 0.0494. The minimum Gasteiger partial charge on any atom is -0.444 e. The largest absolute Gasteiger partial charge is 0.444 e. The molecule has 1 unspecified atom stereocenters. The highest BCUT2D eigenvalue weighted by Crippen LogP contribution is 2.20. The highest BCUT2D eigenvalue weighted by molar-refractivity contribution is 5.69. The van der Waals surface area contributed by atoms with Gasteiger partial charge in [0.15, 0.2) is 0 Å². The predicted octanol–water partition coefficient (Wildman–Crippen LogP) is 1.80. The highest BCUT2D eigenvalue weighted by Gasteiger charge is 2.31. The van der Waals surface area contributed by atoms with Crippen molar-refractivity contribution in [1.29, 1.82) is 0 Å². The van der Waals surface area contributed by atoms with E-state index in [0.29, 0.717) is 6.54 Å². The van der Waals surface area contributed by atoms with Gasteiger partial charge in [0.1, 0.15) is 5.60 Å². The first-order valence-electron chi connectivity index (χ1n) is 7.79. The van der Waals surface area contributed by atoms with Crippen LogP contribution < -0.4 is 0 Å². The molecule has 0 radical (unpaired) electrons. The van der Waals surface area contributed by atoms with E-state index in [1.54, 1.807) is 4.90 Å². The van der Waals surface area contributed by atoms with Gasteiger partial charge in [-0.25, -0.2) is 4.79 Å². The number of hydrogen-bond acceptors (Lipinski definition) is 4. The molecule has 1 amide bonds. The number of carbonyl (C=O) groups is 1. The fourth-order valence-corrected chi connectivity index (χ4v) is 2.60. The number of aliphatic hydroxyl groups excluding tert-OH is 1. The van der Waals surface area contributed by atoms with E-state index in [1.165, 1.54) is 0 Å². The Balaban J connectivity index is 1.92. The fraction of sp³-hybridized carbons (Fsp3) is 0.812. The third-order valence-corrected chi connectivity index (χ3v) is 3.73. The normalized spacial score (nSPS) is 23.7. The summed E-state index contributed by atoms with van der Waals surface area (Å²) in [6, 6.07) is 3.11. The molecule has 1 atom stereocenters. The van der Waals surface area contributed by atoms with E-state index in [2.05, 4.69) is 12.0 Å². The molecular weight excluding hydrogens is 268 g/mol. The van der Waals surface area contributed by atoms with Crippen LogP contribution >= 0.6 is 0 Å². The van der Waals surface area contributed by atoms with Gasteiger partial charge in [0, 0.05) is 25.7 Å². The Morgan fingerprint density at radius 2 is 1.86 bits per heavy atom. The standard InChI is InChI=1S/C16H26N2O3/c1-16(2,3)21-15(20)18-9-4-5-13(18)6-10-17-11-7-14(19)8-12-17/h13-14,19H,4-5,7-9,11-12H2,1-3H3. The van der Waals surface area contributed by atoms with Gasteiger partial charge in [-0.3, -0.25) is 4.90 Å². The Morgan fingerprint density at radius 1 is 1.19 bits per heavy atom. The molecule has 0 saturated carbocycles. The molecule has 5 heteroatoms. The number of amides is 1. The van der Waals surface area contributed by atoms with Crippen molar-refractivity contribution in [2.45, 2.75) is 64.2 Å². The van der Waals surface area contributed by atoms with Crippen molar-refractivity contribution >= 4 is 6.09 Å². The van der Waals surface area contributed by atoms with Gasteiger partial charge in [-0.15, -0.1) is 0 Å². The second-order valence-corrected chi connectivity index (χ2v) is 6.81. The summed E-state index contributed by atoms with van der Waals surface area (Å²) in [6.07, 6.45) is 2.96. The molecule has 1 N–H and O–H groups in total. The van der Waals surface area contributed by atoms with Gasteiger partial charge in [0.05, 0.1) is 12.1 Å². The van der Waals surface area contributed by atoms with Crippen LogP contribution in [0.2, 0.25) is 0 Å². The van der Waals surface area contributed by atoms with Crippen LogP contribution in [0.1, 0.15) is 46.5 Å². The highest BCUT2D eigenvalue weighted by atomic mass is 16.6. The molecule has 2 rings (SSSR count). The summed E-state index contributed by atoms with van der Waals surface area (Å²) in [5, 5.41) is 9.49. The van der Waals surface area contributed by atoms with E-state index in [9.17, 15) is 9.90 Å². The third kappa shape index (κ3) is 4.82. The Bertz CT molecular complexity index is 425. The summed E-state index contributed by atoms with van der Waals surface area (Å²) in [5.74, 6) is 3.20. The van der Waals surface area contributed by atoms with Gasteiger partial charge in [-0.2, -0.15) is 0 Å². The van der Waals surface area contributed by atoms with Crippen LogP contribution in [0.3, 0.4) is 0 Å². The minimum atomic E-state index is -0.472. The van der Waals surface area contributed by atoms with E-state index in [1.807, 2.05) is 25.7 Å². The SMILES string of the molecule is CC(C)(C)OC(=O)N1CCCC1C#CN1CCC(O)CC1. The van der Waals surface area contributed by atoms with Crippen LogP contribution in [0, 0.1) is 12.0 Å². The van der Waals surface area contributed by atoms with Crippen molar-refractivity contribution < 1.29 is 14.6 Å².